The lowest BCUT2D eigenvalue weighted by molar-refractivity contribution is -0.149. The molecule has 0 aromatic heterocycles. The molecule has 1 N–H and O–H groups in total. The maximum absolute atomic E-state index is 12.1. The van der Waals surface area contributed by atoms with Crippen molar-refractivity contribution in [2.75, 3.05) is 13.2 Å². The Hall–Kier alpha value is -0.610. The predicted octanol–water partition coefficient (Wildman–Crippen LogP) is 2.41. The van der Waals surface area contributed by atoms with Crippen molar-refractivity contribution in [2.24, 2.45) is 0 Å². The minimum absolute atomic E-state index is 0.00213. The van der Waals surface area contributed by atoms with E-state index in [0.717, 1.165) is 19.4 Å². The van der Waals surface area contributed by atoms with Gasteiger partial charge < -0.3 is 9.47 Å². The highest BCUT2D eigenvalue weighted by Crippen LogP contribution is 2.21. The van der Waals surface area contributed by atoms with E-state index in [1.165, 1.54) is 38.5 Å². The van der Waals surface area contributed by atoms with Crippen LogP contribution < -0.4 is 5.32 Å². The van der Waals surface area contributed by atoms with Crippen molar-refractivity contribution in [3.8, 4) is 0 Å². The molecule has 1 saturated heterocycles. The van der Waals surface area contributed by atoms with Crippen LogP contribution in [-0.4, -0.2) is 37.4 Å². The van der Waals surface area contributed by atoms with Crippen molar-refractivity contribution in [3.63, 3.8) is 0 Å². The van der Waals surface area contributed by atoms with Crippen LogP contribution in [0.15, 0.2) is 0 Å². The Balaban J connectivity index is 1.93. The Bertz CT molecular complexity index is 269. The highest BCUT2D eigenvalue weighted by molar-refractivity contribution is 5.76. The van der Waals surface area contributed by atoms with Crippen LogP contribution in [0.3, 0.4) is 0 Å². The van der Waals surface area contributed by atoms with Gasteiger partial charge in [0.05, 0.1) is 12.7 Å². The first-order valence-corrected chi connectivity index (χ1v) is 7.85. The lowest BCUT2D eigenvalue weighted by Crippen LogP contribution is -2.50. The zero-order valence-corrected chi connectivity index (χ0v) is 12.0. The molecule has 1 aliphatic heterocycles. The van der Waals surface area contributed by atoms with Gasteiger partial charge in [-0.1, -0.05) is 25.7 Å². The van der Waals surface area contributed by atoms with E-state index in [9.17, 15) is 4.79 Å². The second-order valence-corrected chi connectivity index (χ2v) is 5.64. The molecule has 1 saturated carbocycles. The van der Waals surface area contributed by atoms with Crippen LogP contribution >= 0.6 is 0 Å². The van der Waals surface area contributed by atoms with E-state index in [0.29, 0.717) is 12.6 Å². The number of hydrogen-bond donors (Lipinski definition) is 1. The van der Waals surface area contributed by atoms with E-state index in [4.69, 9.17) is 9.47 Å². The SMILES string of the molecule is CCOC(=O)C(NC1CCCCCC1)C1CCCO1. The number of esters is 1. The van der Waals surface area contributed by atoms with Gasteiger partial charge in [0.1, 0.15) is 6.04 Å². The van der Waals surface area contributed by atoms with Crippen LogP contribution in [0.25, 0.3) is 0 Å². The first-order chi connectivity index (χ1) is 9.31. The van der Waals surface area contributed by atoms with Crippen molar-refractivity contribution in [1.82, 2.24) is 5.32 Å². The van der Waals surface area contributed by atoms with E-state index < -0.39 is 0 Å². The summed E-state index contributed by atoms with van der Waals surface area (Å²) in [5.41, 5.74) is 0. The first kappa shape index (κ1) is 14.8. The third-order valence-electron chi connectivity index (χ3n) is 4.15. The number of ether oxygens (including phenoxy) is 2. The van der Waals surface area contributed by atoms with Gasteiger partial charge in [-0.15, -0.1) is 0 Å². The third-order valence-corrected chi connectivity index (χ3v) is 4.15. The van der Waals surface area contributed by atoms with Gasteiger partial charge in [0.25, 0.3) is 0 Å². The Morgan fingerprint density at radius 3 is 2.53 bits per heavy atom. The second kappa shape index (κ2) is 7.85. The molecule has 110 valence electrons. The zero-order chi connectivity index (χ0) is 13.5. The summed E-state index contributed by atoms with van der Waals surface area (Å²) in [6.07, 6.45) is 9.52. The molecule has 4 heteroatoms. The monoisotopic (exact) mass is 269 g/mol. The normalized spacial score (nSPS) is 26.9. The van der Waals surface area contributed by atoms with Crippen LogP contribution in [-0.2, 0) is 14.3 Å². The van der Waals surface area contributed by atoms with Crippen LogP contribution in [0.1, 0.15) is 58.3 Å². The predicted molar refractivity (Wildman–Crippen MR) is 74.0 cm³/mol. The lowest BCUT2D eigenvalue weighted by atomic mass is 10.0. The highest BCUT2D eigenvalue weighted by atomic mass is 16.5. The van der Waals surface area contributed by atoms with Gasteiger partial charge >= 0.3 is 5.97 Å². The zero-order valence-electron chi connectivity index (χ0n) is 12.0. The van der Waals surface area contributed by atoms with Gasteiger partial charge in [-0.25, -0.2) is 0 Å². The third kappa shape index (κ3) is 4.46. The van der Waals surface area contributed by atoms with Gasteiger partial charge in [0, 0.05) is 12.6 Å². The second-order valence-electron chi connectivity index (χ2n) is 5.64. The van der Waals surface area contributed by atoms with Gasteiger partial charge in [0.2, 0.25) is 0 Å². The van der Waals surface area contributed by atoms with Crippen LogP contribution in [0, 0.1) is 0 Å². The summed E-state index contributed by atoms with van der Waals surface area (Å²) in [7, 11) is 0. The van der Waals surface area contributed by atoms with Gasteiger partial charge in [0.15, 0.2) is 0 Å². The first-order valence-electron chi connectivity index (χ1n) is 7.85. The number of rotatable bonds is 5. The minimum Gasteiger partial charge on any atom is -0.465 e. The lowest BCUT2D eigenvalue weighted by Gasteiger charge is -2.27. The van der Waals surface area contributed by atoms with E-state index in [1.54, 1.807) is 0 Å². The number of nitrogens with one attached hydrogen (secondary N) is 1. The largest absolute Gasteiger partial charge is 0.465 e. The van der Waals surface area contributed by atoms with Gasteiger partial charge in [-0.3, -0.25) is 10.1 Å². The van der Waals surface area contributed by atoms with Crippen LogP contribution in [0.4, 0.5) is 0 Å². The molecule has 2 aliphatic rings. The molecule has 1 aliphatic carbocycles. The molecule has 2 atom stereocenters. The fourth-order valence-corrected chi connectivity index (χ4v) is 3.12. The molecule has 4 nitrogen and oxygen atoms in total. The molecule has 19 heavy (non-hydrogen) atoms. The van der Waals surface area contributed by atoms with Crippen molar-refractivity contribution < 1.29 is 14.3 Å². The average Bonchev–Trinajstić information content (AvgIpc) is 2.80. The van der Waals surface area contributed by atoms with Gasteiger partial charge in [-0.05, 0) is 32.6 Å². The van der Waals surface area contributed by atoms with E-state index in [1.807, 2.05) is 6.92 Å². The molecule has 0 aromatic carbocycles. The van der Waals surface area contributed by atoms with Crippen molar-refractivity contribution >= 4 is 5.97 Å². The Labute approximate surface area is 116 Å². The number of hydrogen-bond acceptors (Lipinski definition) is 4. The summed E-state index contributed by atoms with van der Waals surface area (Å²) in [6.45, 7) is 3.07. The quantitative estimate of drug-likeness (QED) is 0.615. The fourth-order valence-electron chi connectivity index (χ4n) is 3.12. The topological polar surface area (TPSA) is 47.6 Å². The smallest absolute Gasteiger partial charge is 0.325 e. The summed E-state index contributed by atoms with van der Waals surface area (Å²) in [5, 5.41) is 3.52. The molecular weight excluding hydrogens is 242 g/mol. The van der Waals surface area contributed by atoms with Crippen molar-refractivity contribution in [3.05, 3.63) is 0 Å². The Morgan fingerprint density at radius 2 is 1.95 bits per heavy atom. The summed E-state index contributed by atoms with van der Waals surface area (Å²) < 4.78 is 10.9. The van der Waals surface area contributed by atoms with Crippen molar-refractivity contribution in [2.45, 2.75) is 76.5 Å². The van der Waals surface area contributed by atoms with Crippen molar-refractivity contribution in [1.29, 1.82) is 0 Å². The number of carbonyl (C=O) groups excluding carboxylic acids is 1. The molecule has 0 aromatic rings. The molecule has 2 unspecified atom stereocenters. The maximum atomic E-state index is 12.1. The summed E-state index contributed by atoms with van der Waals surface area (Å²) >= 11 is 0. The molecule has 1 heterocycles. The molecule has 0 spiro atoms. The minimum atomic E-state index is -0.273. The van der Waals surface area contributed by atoms with E-state index in [2.05, 4.69) is 5.32 Å². The average molecular weight is 269 g/mol. The maximum Gasteiger partial charge on any atom is 0.325 e. The molecule has 0 bridgehead atoms. The molecule has 2 rings (SSSR count). The van der Waals surface area contributed by atoms with Gasteiger partial charge in [-0.2, -0.15) is 0 Å². The fraction of sp³-hybridized carbons (Fsp3) is 0.933. The molecule has 2 fully saturated rings. The van der Waals surface area contributed by atoms with Crippen LogP contribution in [0.2, 0.25) is 0 Å². The molecule has 0 amide bonds. The van der Waals surface area contributed by atoms with E-state index >= 15 is 0 Å². The molecule has 0 radical (unpaired) electrons. The highest BCUT2D eigenvalue weighted by Gasteiger charge is 2.34. The van der Waals surface area contributed by atoms with Crippen LogP contribution in [0.5, 0.6) is 0 Å². The Morgan fingerprint density at radius 1 is 1.21 bits per heavy atom. The Kier molecular flexibility index (Phi) is 6.11. The number of carbonyl (C=O) groups is 1. The molecular formula is C15H27NO3. The van der Waals surface area contributed by atoms with E-state index in [-0.39, 0.29) is 18.1 Å². The summed E-state index contributed by atoms with van der Waals surface area (Å²) in [6, 6.07) is 0.173. The standard InChI is InChI=1S/C15H27NO3/c1-2-18-15(17)14(13-10-7-11-19-13)16-12-8-5-3-4-6-9-12/h12-14,16H,2-11H2,1H3. The summed E-state index contributed by atoms with van der Waals surface area (Å²) in [5.74, 6) is -0.140. The summed E-state index contributed by atoms with van der Waals surface area (Å²) in [4.78, 5) is 12.1.